The number of carbonyl (C=O) groups excluding carboxylic acids is 1. The van der Waals surface area contributed by atoms with E-state index in [1.165, 1.54) is 24.4 Å². The summed E-state index contributed by atoms with van der Waals surface area (Å²) in [5.41, 5.74) is 2.68. The van der Waals surface area contributed by atoms with E-state index in [-0.39, 0.29) is 17.2 Å². The van der Waals surface area contributed by atoms with Crippen molar-refractivity contribution >= 4 is 61.3 Å². The largest absolute Gasteiger partial charge is 0.503 e. The van der Waals surface area contributed by atoms with Crippen molar-refractivity contribution in [3.05, 3.63) is 55.3 Å². The maximum Gasteiger partial charge on any atom is 0.260 e. The minimum absolute atomic E-state index is 0.00474. The first-order chi connectivity index (χ1) is 12.9. The fourth-order valence-electron chi connectivity index (χ4n) is 2.57. The van der Waals surface area contributed by atoms with Crippen LogP contribution in [0.5, 0.6) is 11.5 Å². The molecular formula is C19H18Br2N2O3S. The molecule has 0 saturated carbocycles. The van der Waals surface area contributed by atoms with Crippen molar-refractivity contribution < 1.29 is 14.6 Å². The lowest BCUT2D eigenvalue weighted by atomic mass is 10.1. The van der Waals surface area contributed by atoms with E-state index < -0.39 is 0 Å². The van der Waals surface area contributed by atoms with Gasteiger partial charge in [-0.15, -0.1) is 0 Å². The Morgan fingerprint density at radius 1 is 1.30 bits per heavy atom. The number of halogens is 2. The molecular weight excluding hydrogens is 496 g/mol. The van der Waals surface area contributed by atoms with E-state index in [4.69, 9.17) is 4.74 Å². The van der Waals surface area contributed by atoms with E-state index in [1.807, 2.05) is 12.1 Å². The van der Waals surface area contributed by atoms with E-state index in [0.29, 0.717) is 19.6 Å². The number of phenols is 1. The number of carbonyl (C=O) groups is 1. The van der Waals surface area contributed by atoms with Crippen LogP contribution in [0.25, 0.3) is 6.08 Å². The molecule has 0 unspecified atom stereocenters. The Morgan fingerprint density at radius 2 is 2.00 bits per heavy atom. The molecule has 1 amide bonds. The fourth-order valence-corrected chi connectivity index (χ4v) is 4.38. The van der Waals surface area contributed by atoms with Gasteiger partial charge in [-0.3, -0.25) is 4.79 Å². The van der Waals surface area contributed by atoms with E-state index in [2.05, 4.69) is 61.5 Å². The van der Waals surface area contributed by atoms with Gasteiger partial charge in [-0.2, -0.15) is 0 Å². The summed E-state index contributed by atoms with van der Waals surface area (Å²) in [7, 11) is 1.48. The quantitative estimate of drug-likeness (QED) is 0.486. The Morgan fingerprint density at radius 3 is 2.63 bits per heavy atom. The monoisotopic (exact) mass is 512 g/mol. The number of ether oxygens (including phenoxy) is 1. The Labute approximate surface area is 178 Å². The maximum atomic E-state index is 12.3. The third-order valence-corrected chi connectivity index (χ3v) is 7.26. The van der Waals surface area contributed by atoms with Crippen LogP contribution in [0.15, 0.2) is 44.2 Å². The van der Waals surface area contributed by atoms with Gasteiger partial charge in [-0.05, 0) is 73.7 Å². The molecule has 0 spiro atoms. The molecule has 0 radical (unpaired) electrons. The predicted molar refractivity (Wildman–Crippen MR) is 117 cm³/mol. The summed E-state index contributed by atoms with van der Waals surface area (Å²) in [6.45, 7) is 2.11. The highest BCUT2D eigenvalue weighted by molar-refractivity contribution is 9.13. The van der Waals surface area contributed by atoms with Crippen LogP contribution in [0.1, 0.15) is 18.1 Å². The number of nitrogens with one attached hydrogen (secondary N) is 2. The number of methoxy groups -OCH3 is 1. The molecule has 1 aliphatic rings. The van der Waals surface area contributed by atoms with Crippen molar-refractivity contribution in [2.24, 2.45) is 0 Å². The molecule has 8 heteroatoms. The number of rotatable bonds is 5. The van der Waals surface area contributed by atoms with Crippen LogP contribution in [0.3, 0.4) is 0 Å². The smallest absolute Gasteiger partial charge is 0.260 e. The first-order valence-electron chi connectivity index (χ1n) is 8.22. The van der Waals surface area contributed by atoms with Crippen LogP contribution >= 0.6 is 43.6 Å². The van der Waals surface area contributed by atoms with Gasteiger partial charge < -0.3 is 20.5 Å². The Bertz CT molecular complexity index is 901. The number of aromatic hydroxyl groups is 1. The molecule has 0 aromatic heterocycles. The number of hydrogen-bond donors (Lipinski definition) is 3. The van der Waals surface area contributed by atoms with Crippen molar-refractivity contribution in [2.75, 3.05) is 12.4 Å². The van der Waals surface area contributed by atoms with E-state index in [1.54, 1.807) is 12.1 Å². The lowest BCUT2D eigenvalue weighted by molar-refractivity contribution is -0.116. The van der Waals surface area contributed by atoms with E-state index in [0.717, 1.165) is 17.7 Å². The van der Waals surface area contributed by atoms with Crippen LogP contribution in [0, 0.1) is 0 Å². The van der Waals surface area contributed by atoms with E-state index >= 15 is 0 Å². The number of thioether (sulfide) groups is 1. The molecule has 0 aliphatic carbocycles. The number of anilines is 1. The minimum Gasteiger partial charge on any atom is -0.503 e. The number of phenolic OH excluding ortho intramolecular Hbond substituents is 1. The second-order valence-electron chi connectivity index (χ2n) is 5.82. The molecule has 3 rings (SSSR count). The summed E-state index contributed by atoms with van der Waals surface area (Å²) in [6, 6.07) is 9.82. The number of aryl methyl sites for hydroxylation is 1. The van der Waals surface area contributed by atoms with Gasteiger partial charge in [0.05, 0.1) is 16.5 Å². The third-order valence-electron chi connectivity index (χ3n) is 4.07. The normalized spacial score (nSPS) is 17.9. The Hall–Kier alpha value is -1.64. The maximum absolute atomic E-state index is 12.3. The van der Waals surface area contributed by atoms with Gasteiger partial charge in [0.25, 0.3) is 5.91 Å². The highest BCUT2D eigenvalue weighted by atomic mass is 79.9. The van der Waals surface area contributed by atoms with E-state index in [9.17, 15) is 9.90 Å². The van der Waals surface area contributed by atoms with Gasteiger partial charge in [0, 0.05) is 10.2 Å². The zero-order valence-corrected chi connectivity index (χ0v) is 18.7. The average molecular weight is 514 g/mol. The summed E-state index contributed by atoms with van der Waals surface area (Å²) in [4.78, 5) is 12.9. The Balaban J connectivity index is 1.80. The lowest BCUT2D eigenvalue weighted by Crippen LogP contribution is -2.30. The van der Waals surface area contributed by atoms with Crippen molar-refractivity contribution in [1.29, 1.82) is 0 Å². The highest BCUT2D eigenvalue weighted by Crippen LogP contribution is 2.43. The topological polar surface area (TPSA) is 70.6 Å². The molecule has 1 atom stereocenters. The molecule has 3 N–H and O–H groups in total. The van der Waals surface area contributed by atoms with Crippen molar-refractivity contribution in [2.45, 2.75) is 18.8 Å². The zero-order chi connectivity index (χ0) is 19.6. The van der Waals surface area contributed by atoms with Crippen molar-refractivity contribution in [3.8, 4) is 11.5 Å². The molecule has 2 aromatic rings. The average Bonchev–Trinajstić information content (AvgIpc) is 3.01. The van der Waals surface area contributed by atoms with Gasteiger partial charge in [0.15, 0.2) is 17.0 Å². The highest BCUT2D eigenvalue weighted by Gasteiger charge is 2.27. The molecule has 1 saturated heterocycles. The summed E-state index contributed by atoms with van der Waals surface area (Å²) in [5.74, 6) is 0.175. The SMILES string of the molecule is CCc1ccc(N[C@H]2NC(=O)/C(=C/c3cc(OC)c(O)c(Br)c3Br)S2)cc1. The number of benzene rings is 2. The second kappa shape index (κ2) is 8.58. The zero-order valence-electron chi connectivity index (χ0n) is 14.7. The molecule has 5 nitrogen and oxygen atoms in total. The number of hydrogen-bond acceptors (Lipinski definition) is 5. The molecule has 0 bridgehead atoms. The minimum atomic E-state index is -0.252. The standard InChI is InChI=1S/C19H18Br2N2O3S/c1-3-10-4-6-12(7-5-10)22-19-23-18(25)14(27-19)9-11-8-13(26-2)17(24)16(21)15(11)20/h4-9,19,22,24H,3H2,1-2H3,(H,23,25)/b14-9-/t19-/m0/s1. The predicted octanol–water partition coefficient (Wildman–Crippen LogP) is 5.09. The summed E-state index contributed by atoms with van der Waals surface area (Å²) < 4.78 is 6.30. The second-order valence-corrected chi connectivity index (χ2v) is 8.55. The number of amides is 1. The van der Waals surface area contributed by atoms with Gasteiger partial charge in [-0.25, -0.2) is 0 Å². The first kappa shape index (κ1) is 20.1. The van der Waals surface area contributed by atoms with Gasteiger partial charge >= 0.3 is 0 Å². The summed E-state index contributed by atoms with van der Waals surface area (Å²) in [5, 5.41) is 16.3. The molecule has 27 heavy (non-hydrogen) atoms. The third kappa shape index (κ3) is 4.44. The van der Waals surface area contributed by atoms with Crippen LogP contribution in [-0.2, 0) is 11.2 Å². The summed E-state index contributed by atoms with van der Waals surface area (Å²) >= 11 is 8.17. The molecule has 142 valence electrons. The molecule has 1 heterocycles. The van der Waals surface area contributed by atoms with Crippen molar-refractivity contribution in [1.82, 2.24) is 5.32 Å². The van der Waals surface area contributed by atoms with Gasteiger partial charge in [0.1, 0.15) is 0 Å². The molecule has 1 fully saturated rings. The van der Waals surface area contributed by atoms with Gasteiger partial charge in [0.2, 0.25) is 0 Å². The summed E-state index contributed by atoms with van der Waals surface area (Å²) in [6.07, 6.45) is 2.75. The van der Waals surface area contributed by atoms with Crippen LogP contribution in [0.2, 0.25) is 0 Å². The molecule has 1 aliphatic heterocycles. The van der Waals surface area contributed by atoms with Crippen molar-refractivity contribution in [3.63, 3.8) is 0 Å². The van der Waals surface area contributed by atoms with Crippen LogP contribution in [0.4, 0.5) is 5.69 Å². The lowest BCUT2D eigenvalue weighted by Gasteiger charge is -2.13. The molecule has 2 aromatic carbocycles. The Kier molecular flexibility index (Phi) is 6.39. The first-order valence-corrected chi connectivity index (χ1v) is 10.7. The van der Waals surface area contributed by atoms with Gasteiger partial charge in [-0.1, -0.05) is 30.8 Å². The fraction of sp³-hybridized carbons (Fsp3) is 0.211. The van der Waals surface area contributed by atoms with Crippen LogP contribution < -0.4 is 15.4 Å². The van der Waals surface area contributed by atoms with Crippen LogP contribution in [-0.4, -0.2) is 23.6 Å².